The molecule has 22 heavy (non-hydrogen) atoms. The molecule has 1 aliphatic rings. The lowest BCUT2D eigenvalue weighted by atomic mass is 10.1. The number of likely N-dealkylation sites (tertiary alicyclic amines) is 1. The van der Waals surface area contributed by atoms with Crippen molar-refractivity contribution in [2.24, 2.45) is 4.99 Å². The van der Waals surface area contributed by atoms with E-state index in [4.69, 9.17) is 9.73 Å². The third kappa shape index (κ3) is 6.53. The lowest BCUT2D eigenvalue weighted by Crippen LogP contribution is -2.47. The molecule has 0 bridgehead atoms. The summed E-state index contributed by atoms with van der Waals surface area (Å²) < 4.78 is 5.73. The van der Waals surface area contributed by atoms with Gasteiger partial charge in [0.05, 0.1) is 12.6 Å². The summed E-state index contributed by atoms with van der Waals surface area (Å²) in [6.45, 7) is 17.7. The summed E-state index contributed by atoms with van der Waals surface area (Å²) in [7, 11) is 0. The molecule has 1 rings (SSSR count). The van der Waals surface area contributed by atoms with Crippen LogP contribution in [0.15, 0.2) is 4.99 Å². The van der Waals surface area contributed by atoms with Crippen molar-refractivity contribution >= 4 is 5.96 Å². The molecule has 0 radical (unpaired) electrons. The summed E-state index contributed by atoms with van der Waals surface area (Å²) in [6, 6.07) is 0.588. The van der Waals surface area contributed by atoms with Crippen LogP contribution in [0.1, 0.15) is 47.5 Å². The van der Waals surface area contributed by atoms with E-state index in [0.29, 0.717) is 12.1 Å². The topological polar surface area (TPSA) is 40.1 Å². The van der Waals surface area contributed by atoms with Gasteiger partial charge in [-0.1, -0.05) is 6.92 Å². The van der Waals surface area contributed by atoms with Crippen molar-refractivity contribution in [1.29, 1.82) is 0 Å². The number of likely N-dealkylation sites (N-methyl/N-ethyl adjacent to an activating group) is 1. The van der Waals surface area contributed by atoms with E-state index in [1.54, 1.807) is 0 Å². The molecule has 0 spiro atoms. The third-order valence-corrected chi connectivity index (χ3v) is 4.26. The van der Waals surface area contributed by atoms with Crippen LogP contribution in [0.3, 0.4) is 0 Å². The zero-order chi connectivity index (χ0) is 16.4. The Morgan fingerprint density at radius 1 is 1.27 bits per heavy atom. The Kier molecular flexibility index (Phi) is 9.48. The van der Waals surface area contributed by atoms with E-state index in [2.05, 4.69) is 49.7 Å². The first-order chi connectivity index (χ1) is 10.6. The van der Waals surface area contributed by atoms with Crippen LogP contribution in [0.5, 0.6) is 0 Å². The molecular formula is C17H36N4O. The molecule has 5 nitrogen and oxygen atoms in total. The van der Waals surface area contributed by atoms with Crippen LogP contribution < -0.4 is 5.32 Å². The lowest BCUT2D eigenvalue weighted by Gasteiger charge is -2.34. The average molecular weight is 313 g/mol. The van der Waals surface area contributed by atoms with Crippen LogP contribution in [-0.4, -0.2) is 73.8 Å². The number of nitrogens with zero attached hydrogens (tertiary/aromatic N) is 3. The van der Waals surface area contributed by atoms with Crippen molar-refractivity contribution in [2.75, 3.05) is 45.9 Å². The monoisotopic (exact) mass is 312 g/mol. The van der Waals surface area contributed by atoms with E-state index in [0.717, 1.165) is 64.7 Å². The van der Waals surface area contributed by atoms with Crippen LogP contribution >= 0.6 is 0 Å². The second-order valence-electron chi connectivity index (χ2n) is 6.10. The fourth-order valence-corrected chi connectivity index (χ4v) is 2.96. The first-order valence-electron chi connectivity index (χ1n) is 9.01. The normalized spacial score (nSPS) is 17.6. The molecule has 0 aliphatic carbocycles. The van der Waals surface area contributed by atoms with Crippen LogP contribution in [-0.2, 0) is 4.74 Å². The summed E-state index contributed by atoms with van der Waals surface area (Å²) in [5.74, 6) is 1.07. The minimum atomic E-state index is 0.431. The molecule has 130 valence electrons. The molecule has 1 heterocycles. The first-order valence-corrected chi connectivity index (χ1v) is 9.01. The molecule has 0 amide bonds. The van der Waals surface area contributed by atoms with Crippen molar-refractivity contribution in [3.8, 4) is 0 Å². The summed E-state index contributed by atoms with van der Waals surface area (Å²) in [5.41, 5.74) is 0. The molecule has 1 N–H and O–H groups in total. The molecule has 0 unspecified atom stereocenters. The number of hydrogen-bond acceptors (Lipinski definition) is 3. The molecule has 1 saturated heterocycles. The van der Waals surface area contributed by atoms with Gasteiger partial charge in [0.1, 0.15) is 0 Å². The van der Waals surface area contributed by atoms with Gasteiger partial charge in [0, 0.05) is 38.8 Å². The molecule has 0 aromatic rings. The molecule has 1 aliphatic heterocycles. The second-order valence-corrected chi connectivity index (χ2v) is 6.10. The third-order valence-electron chi connectivity index (χ3n) is 4.26. The smallest absolute Gasteiger partial charge is 0.193 e. The second kappa shape index (κ2) is 10.8. The van der Waals surface area contributed by atoms with Gasteiger partial charge in [-0.3, -0.25) is 9.89 Å². The number of rotatable bonds is 8. The summed E-state index contributed by atoms with van der Waals surface area (Å²) in [5, 5.41) is 3.44. The number of hydrogen-bond donors (Lipinski definition) is 1. The van der Waals surface area contributed by atoms with Gasteiger partial charge in [-0.15, -0.1) is 0 Å². The summed E-state index contributed by atoms with van der Waals surface area (Å²) in [6.07, 6.45) is 2.64. The number of piperidine rings is 1. The number of ether oxygens (including phenoxy) is 1. The summed E-state index contributed by atoms with van der Waals surface area (Å²) >= 11 is 0. The van der Waals surface area contributed by atoms with Crippen LogP contribution in [0.25, 0.3) is 0 Å². The largest absolute Gasteiger partial charge is 0.378 e. The van der Waals surface area contributed by atoms with Gasteiger partial charge in [-0.2, -0.15) is 0 Å². The average Bonchev–Trinajstić information content (AvgIpc) is 2.51. The highest BCUT2D eigenvalue weighted by Gasteiger charge is 2.21. The molecule has 0 aromatic carbocycles. The van der Waals surface area contributed by atoms with E-state index in [9.17, 15) is 0 Å². The van der Waals surface area contributed by atoms with Crippen LogP contribution in [0, 0.1) is 0 Å². The van der Waals surface area contributed by atoms with E-state index < -0.39 is 0 Å². The minimum absolute atomic E-state index is 0.431. The fraction of sp³-hybridized carbons (Fsp3) is 0.941. The Morgan fingerprint density at radius 3 is 2.45 bits per heavy atom. The highest BCUT2D eigenvalue weighted by Crippen LogP contribution is 2.13. The molecule has 0 aromatic heterocycles. The van der Waals surface area contributed by atoms with Gasteiger partial charge < -0.3 is 15.0 Å². The SMILES string of the molecule is CCNC(=NCCN(CC)C(C)C)N1CCC(OCC)CC1. The lowest BCUT2D eigenvalue weighted by molar-refractivity contribution is 0.0263. The van der Waals surface area contributed by atoms with Crippen molar-refractivity contribution in [1.82, 2.24) is 15.1 Å². The van der Waals surface area contributed by atoms with Gasteiger partial charge in [-0.25, -0.2) is 0 Å². The zero-order valence-electron chi connectivity index (χ0n) is 15.3. The standard InChI is InChI=1S/C17H36N4O/c1-6-18-17(19-11-14-20(7-2)15(4)5)21-12-9-16(10-13-21)22-8-3/h15-16H,6-14H2,1-5H3,(H,18,19). The van der Waals surface area contributed by atoms with E-state index in [-0.39, 0.29) is 0 Å². The Bertz CT molecular complexity index is 312. The maximum absolute atomic E-state index is 5.73. The van der Waals surface area contributed by atoms with E-state index >= 15 is 0 Å². The molecular weight excluding hydrogens is 276 g/mol. The van der Waals surface area contributed by atoms with Gasteiger partial charge in [0.15, 0.2) is 5.96 Å². The minimum Gasteiger partial charge on any atom is -0.378 e. The van der Waals surface area contributed by atoms with Gasteiger partial charge >= 0.3 is 0 Å². The number of guanidine groups is 1. The van der Waals surface area contributed by atoms with Gasteiger partial charge in [0.2, 0.25) is 0 Å². The fourth-order valence-electron chi connectivity index (χ4n) is 2.96. The summed E-state index contributed by atoms with van der Waals surface area (Å²) in [4.78, 5) is 9.66. The Hall–Kier alpha value is -0.810. The first kappa shape index (κ1) is 19.2. The number of nitrogens with one attached hydrogen (secondary N) is 1. The maximum Gasteiger partial charge on any atom is 0.193 e. The number of aliphatic imine (C=N–C) groups is 1. The Labute approximate surface area is 137 Å². The highest BCUT2D eigenvalue weighted by molar-refractivity contribution is 5.80. The molecule has 0 saturated carbocycles. The Balaban J connectivity index is 2.49. The van der Waals surface area contributed by atoms with Crippen LogP contribution in [0.4, 0.5) is 0 Å². The quantitative estimate of drug-likeness (QED) is 0.551. The van der Waals surface area contributed by atoms with Gasteiger partial charge in [0.25, 0.3) is 0 Å². The van der Waals surface area contributed by atoms with E-state index in [1.807, 2.05) is 0 Å². The van der Waals surface area contributed by atoms with Crippen molar-refractivity contribution in [2.45, 2.75) is 59.6 Å². The predicted octanol–water partition coefficient (Wildman–Crippen LogP) is 2.18. The Morgan fingerprint density at radius 2 is 1.95 bits per heavy atom. The molecule has 0 atom stereocenters. The zero-order valence-corrected chi connectivity index (χ0v) is 15.3. The van der Waals surface area contributed by atoms with Crippen molar-refractivity contribution in [3.05, 3.63) is 0 Å². The molecule has 1 fully saturated rings. The van der Waals surface area contributed by atoms with Gasteiger partial charge in [-0.05, 0) is 47.1 Å². The van der Waals surface area contributed by atoms with Crippen LogP contribution in [0.2, 0.25) is 0 Å². The predicted molar refractivity (Wildman–Crippen MR) is 94.6 cm³/mol. The maximum atomic E-state index is 5.73. The van der Waals surface area contributed by atoms with E-state index in [1.165, 1.54) is 0 Å². The molecule has 5 heteroatoms. The van der Waals surface area contributed by atoms with Crippen molar-refractivity contribution in [3.63, 3.8) is 0 Å². The van der Waals surface area contributed by atoms with Crippen molar-refractivity contribution < 1.29 is 4.74 Å². The highest BCUT2D eigenvalue weighted by atomic mass is 16.5.